The lowest BCUT2D eigenvalue weighted by Gasteiger charge is -2.10. The minimum absolute atomic E-state index is 0.207. The molecule has 0 saturated carbocycles. The lowest BCUT2D eigenvalue weighted by Crippen LogP contribution is -2.41. The van der Waals surface area contributed by atoms with E-state index in [0.717, 1.165) is 9.13 Å². The summed E-state index contributed by atoms with van der Waals surface area (Å²) in [5.41, 5.74) is -1.50. The molecular formula is C9H12N2O5. The Morgan fingerprint density at radius 1 is 1.38 bits per heavy atom. The summed E-state index contributed by atoms with van der Waals surface area (Å²) in [7, 11) is 1.43. The van der Waals surface area contributed by atoms with Gasteiger partial charge in [0.25, 0.3) is 0 Å². The normalized spacial score (nSPS) is 12.4. The Kier molecular flexibility index (Phi) is 3.62. The Morgan fingerprint density at radius 2 is 2.00 bits per heavy atom. The van der Waals surface area contributed by atoms with Gasteiger partial charge in [0.15, 0.2) is 0 Å². The van der Waals surface area contributed by atoms with Crippen LogP contribution in [0.2, 0.25) is 0 Å². The van der Waals surface area contributed by atoms with Crippen LogP contribution in [-0.2, 0) is 18.4 Å². The first kappa shape index (κ1) is 12.2. The summed E-state index contributed by atoms with van der Waals surface area (Å²) in [6.07, 6.45) is 1.04. The molecule has 2 N–H and O–H groups in total. The van der Waals surface area contributed by atoms with Gasteiger partial charge in [0.1, 0.15) is 0 Å². The zero-order valence-corrected chi connectivity index (χ0v) is 8.66. The van der Waals surface area contributed by atoms with Crippen molar-refractivity contribution >= 4 is 5.97 Å². The summed E-state index contributed by atoms with van der Waals surface area (Å²) in [6, 6.07) is 0. The molecule has 0 aliphatic heterocycles. The monoisotopic (exact) mass is 228 g/mol. The van der Waals surface area contributed by atoms with Crippen LogP contribution in [0.1, 0.15) is 6.42 Å². The second-order valence-electron chi connectivity index (χ2n) is 3.42. The first-order chi connectivity index (χ1) is 7.41. The first-order valence-electron chi connectivity index (χ1n) is 4.57. The van der Waals surface area contributed by atoms with Gasteiger partial charge in [-0.1, -0.05) is 0 Å². The van der Waals surface area contributed by atoms with E-state index in [1.54, 1.807) is 0 Å². The van der Waals surface area contributed by atoms with Crippen LogP contribution in [-0.4, -0.2) is 31.4 Å². The molecule has 1 atom stereocenters. The molecule has 0 fully saturated rings. The predicted octanol–water partition coefficient (Wildman–Crippen LogP) is -1.62. The van der Waals surface area contributed by atoms with E-state index in [9.17, 15) is 19.5 Å². The third-order valence-electron chi connectivity index (χ3n) is 2.05. The molecule has 0 aromatic carbocycles. The highest BCUT2D eigenvalue weighted by Crippen LogP contribution is 1.94. The standard InChI is InChI=1S/C9H12N2O5/c1-10-2-3-11(9(16)8(10)15)5-6(12)4-7(13)14/h2-3,6,12H,4-5H2,1H3,(H,13,14). The Bertz CT molecular complexity index is 501. The zero-order valence-electron chi connectivity index (χ0n) is 8.66. The number of nitrogens with zero attached hydrogens (tertiary/aromatic N) is 2. The molecule has 7 heteroatoms. The van der Waals surface area contributed by atoms with E-state index < -0.39 is 29.6 Å². The minimum Gasteiger partial charge on any atom is -0.481 e. The van der Waals surface area contributed by atoms with Gasteiger partial charge in [0.2, 0.25) is 0 Å². The van der Waals surface area contributed by atoms with Crippen LogP contribution in [0, 0.1) is 0 Å². The number of aliphatic hydroxyl groups excluding tert-OH is 1. The lowest BCUT2D eigenvalue weighted by molar-refractivity contribution is -0.139. The van der Waals surface area contributed by atoms with Gasteiger partial charge in [-0.25, -0.2) is 0 Å². The average Bonchev–Trinajstić information content (AvgIpc) is 2.18. The molecule has 1 aromatic rings. The van der Waals surface area contributed by atoms with E-state index in [2.05, 4.69) is 0 Å². The van der Waals surface area contributed by atoms with Crippen LogP contribution < -0.4 is 11.1 Å². The minimum atomic E-state index is -1.19. The smallest absolute Gasteiger partial charge is 0.316 e. The molecule has 0 aliphatic rings. The van der Waals surface area contributed by atoms with Crippen LogP contribution in [0.25, 0.3) is 0 Å². The fourth-order valence-electron chi connectivity index (χ4n) is 1.23. The number of aliphatic hydroxyl groups is 1. The molecule has 1 aromatic heterocycles. The molecule has 0 amide bonds. The number of hydrogen-bond acceptors (Lipinski definition) is 4. The molecule has 1 unspecified atom stereocenters. The van der Waals surface area contributed by atoms with Crippen LogP contribution >= 0.6 is 0 Å². The molecule has 0 saturated heterocycles. The van der Waals surface area contributed by atoms with Gasteiger partial charge in [0.05, 0.1) is 19.1 Å². The largest absolute Gasteiger partial charge is 0.481 e. The van der Waals surface area contributed by atoms with Gasteiger partial charge in [-0.2, -0.15) is 0 Å². The Hall–Kier alpha value is -1.89. The molecule has 0 radical (unpaired) electrons. The number of rotatable bonds is 4. The number of carbonyl (C=O) groups is 1. The summed E-state index contributed by atoms with van der Waals surface area (Å²) in [4.78, 5) is 32.9. The molecular weight excluding hydrogens is 216 g/mol. The number of aryl methyl sites for hydroxylation is 1. The fraction of sp³-hybridized carbons (Fsp3) is 0.444. The SMILES string of the molecule is Cn1ccn(CC(O)CC(=O)O)c(=O)c1=O. The lowest BCUT2D eigenvalue weighted by atomic mass is 10.2. The van der Waals surface area contributed by atoms with E-state index >= 15 is 0 Å². The quantitative estimate of drug-likeness (QED) is 0.603. The first-order valence-corrected chi connectivity index (χ1v) is 4.57. The zero-order chi connectivity index (χ0) is 12.3. The molecule has 0 bridgehead atoms. The second kappa shape index (κ2) is 4.75. The highest BCUT2D eigenvalue weighted by atomic mass is 16.4. The second-order valence-corrected chi connectivity index (χ2v) is 3.42. The van der Waals surface area contributed by atoms with Crippen molar-refractivity contribution in [3.05, 3.63) is 33.1 Å². The van der Waals surface area contributed by atoms with Crippen LogP contribution in [0.3, 0.4) is 0 Å². The van der Waals surface area contributed by atoms with Crippen molar-refractivity contribution in [2.75, 3.05) is 0 Å². The van der Waals surface area contributed by atoms with Crippen molar-refractivity contribution < 1.29 is 15.0 Å². The fourth-order valence-corrected chi connectivity index (χ4v) is 1.23. The van der Waals surface area contributed by atoms with Gasteiger partial charge in [-0.05, 0) is 0 Å². The number of aliphatic carboxylic acids is 1. The van der Waals surface area contributed by atoms with E-state index in [0.29, 0.717) is 0 Å². The highest BCUT2D eigenvalue weighted by molar-refractivity contribution is 5.67. The highest BCUT2D eigenvalue weighted by Gasteiger charge is 2.12. The summed E-state index contributed by atoms with van der Waals surface area (Å²) in [5.74, 6) is -1.16. The van der Waals surface area contributed by atoms with Gasteiger partial charge in [-0.3, -0.25) is 14.4 Å². The molecule has 1 heterocycles. The average molecular weight is 228 g/mol. The molecule has 1 rings (SSSR count). The van der Waals surface area contributed by atoms with Crippen molar-refractivity contribution in [3.63, 3.8) is 0 Å². The molecule has 0 spiro atoms. The number of carboxylic acid groups (broad SMARTS) is 1. The Morgan fingerprint density at radius 3 is 2.56 bits per heavy atom. The van der Waals surface area contributed by atoms with Crippen molar-refractivity contribution in [2.24, 2.45) is 7.05 Å². The van der Waals surface area contributed by atoms with Gasteiger partial charge < -0.3 is 19.3 Å². The van der Waals surface area contributed by atoms with Crippen molar-refractivity contribution in [1.82, 2.24) is 9.13 Å². The van der Waals surface area contributed by atoms with E-state index in [1.165, 1.54) is 19.4 Å². The van der Waals surface area contributed by atoms with Crippen molar-refractivity contribution in [3.8, 4) is 0 Å². The Balaban J connectivity index is 2.91. The van der Waals surface area contributed by atoms with E-state index in [4.69, 9.17) is 5.11 Å². The van der Waals surface area contributed by atoms with E-state index in [-0.39, 0.29) is 6.54 Å². The maximum absolute atomic E-state index is 11.4. The maximum atomic E-state index is 11.4. The molecule has 16 heavy (non-hydrogen) atoms. The number of hydrogen-bond donors (Lipinski definition) is 2. The Labute approximate surface area is 90.2 Å². The molecule has 88 valence electrons. The summed E-state index contributed by atoms with van der Waals surface area (Å²) in [6.45, 7) is -0.207. The summed E-state index contributed by atoms with van der Waals surface area (Å²) >= 11 is 0. The van der Waals surface area contributed by atoms with Gasteiger partial charge in [0, 0.05) is 19.4 Å². The van der Waals surface area contributed by atoms with Crippen LogP contribution in [0.4, 0.5) is 0 Å². The van der Waals surface area contributed by atoms with Gasteiger partial charge in [-0.15, -0.1) is 0 Å². The summed E-state index contributed by atoms with van der Waals surface area (Å²) < 4.78 is 2.11. The topological polar surface area (TPSA) is 102 Å². The van der Waals surface area contributed by atoms with Crippen molar-refractivity contribution in [1.29, 1.82) is 0 Å². The van der Waals surface area contributed by atoms with Crippen molar-refractivity contribution in [2.45, 2.75) is 19.1 Å². The van der Waals surface area contributed by atoms with Crippen LogP contribution in [0.15, 0.2) is 22.0 Å². The number of aromatic nitrogens is 2. The third kappa shape index (κ3) is 2.80. The predicted molar refractivity (Wildman–Crippen MR) is 54.2 cm³/mol. The summed E-state index contributed by atoms with van der Waals surface area (Å²) in [5, 5.41) is 17.7. The molecule has 7 nitrogen and oxygen atoms in total. The van der Waals surface area contributed by atoms with Gasteiger partial charge >= 0.3 is 17.1 Å². The third-order valence-corrected chi connectivity index (χ3v) is 2.05. The van der Waals surface area contributed by atoms with E-state index in [1.807, 2.05) is 0 Å². The molecule has 0 aliphatic carbocycles. The maximum Gasteiger partial charge on any atom is 0.316 e. The number of carboxylic acids is 1. The van der Waals surface area contributed by atoms with Crippen LogP contribution in [0.5, 0.6) is 0 Å².